The lowest BCUT2D eigenvalue weighted by molar-refractivity contribution is 0.0997. The van der Waals surface area contributed by atoms with E-state index in [1.54, 1.807) is 24.3 Å². The lowest BCUT2D eigenvalue weighted by atomic mass is 10.2. The average Bonchev–Trinajstić information content (AvgIpc) is 2.90. The molecule has 0 saturated carbocycles. The maximum Gasteiger partial charge on any atom is 0.255 e. The number of hydrogen-bond donors (Lipinski definition) is 4. The number of para-hydroxylation sites is 2. The maximum absolute atomic E-state index is 14.6. The van der Waals surface area contributed by atoms with Crippen LogP contribution in [0.5, 0.6) is 0 Å². The van der Waals surface area contributed by atoms with E-state index < -0.39 is 27.7 Å². The van der Waals surface area contributed by atoms with E-state index in [1.807, 2.05) is 0 Å². The molecule has 2 amide bonds. The van der Waals surface area contributed by atoms with Gasteiger partial charge in [-0.15, -0.1) is 0 Å². The number of benzene rings is 2. The number of primary amides is 1. The summed E-state index contributed by atoms with van der Waals surface area (Å²) in [5.74, 6) is -2.06. The largest absolute Gasteiger partial charge is 0.365 e. The topological polar surface area (TPSA) is 172 Å². The molecule has 0 aliphatic heterocycles. The minimum absolute atomic E-state index is 0.0445. The number of carbonyl (C=O) groups excluding carboxylic acids is 2. The quantitative estimate of drug-likeness (QED) is 0.244. The number of nitrogens with two attached hydrogens (primary N) is 1. The summed E-state index contributed by atoms with van der Waals surface area (Å²) in [6.07, 6.45) is 5.15. The molecule has 39 heavy (non-hydrogen) atoms. The van der Waals surface area contributed by atoms with Crippen LogP contribution in [-0.2, 0) is 10.0 Å². The summed E-state index contributed by atoms with van der Waals surface area (Å²) >= 11 is 0. The van der Waals surface area contributed by atoms with Crippen molar-refractivity contribution in [3.8, 4) is 0 Å². The molecule has 0 atom stereocenters. The van der Waals surface area contributed by atoms with Crippen molar-refractivity contribution in [1.29, 1.82) is 0 Å². The predicted octanol–water partition coefficient (Wildman–Crippen LogP) is 3.24. The fraction of sp³-hybridized carbons (Fsp3) is 0.0800. The molecule has 0 saturated heterocycles. The third-order valence-corrected chi connectivity index (χ3v) is 6.65. The number of sulfonamides is 1. The molecular formula is C25H23FN8O4S. The van der Waals surface area contributed by atoms with Crippen molar-refractivity contribution in [2.45, 2.75) is 0 Å². The van der Waals surface area contributed by atoms with Crippen LogP contribution in [0, 0.1) is 5.82 Å². The van der Waals surface area contributed by atoms with Gasteiger partial charge in [-0.05, 0) is 42.5 Å². The van der Waals surface area contributed by atoms with Gasteiger partial charge >= 0.3 is 0 Å². The van der Waals surface area contributed by atoms with Gasteiger partial charge < -0.3 is 21.7 Å². The third kappa shape index (κ3) is 6.42. The Labute approximate surface area is 223 Å². The molecule has 0 aliphatic rings. The smallest absolute Gasteiger partial charge is 0.255 e. The Bertz CT molecular complexity index is 1650. The highest BCUT2D eigenvalue weighted by Crippen LogP contribution is 2.31. The number of halogens is 1. The van der Waals surface area contributed by atoms with Gasteiger partial charge in [0.1, 0.15) is 17.2 Å². The summed E-state index contributed by atoms with van der Waals surface area (Å²) in [7, 11) is -2.22. The predicted molar refractivity (Wildman–Crippen MR) is 145 cm³/mol. The highest BCUT2D eigenvalue weighted by molar-refractivity contribution is 7.92. The second kappa shape index (κ2) is 11.1. The molecule has 0 fully saturated rings. The molecule has 4 rings (SSSR count). The van der Waals surface area contributed by atoms with Gasteiger partial charge in [0.15, 0.2) is 0 Å². The molecule has 2 aromatic carbocycles. The number of anilines is 6. The van der Waals surface area contributed by atoms with Crippen LogP contribution in [0.15, 0.2) is 73.2 Å². The first kappa shape index (κ1) is 26.9. The van der Waals surface area contributed by atoms with E-state index in [0.717, 1.165) is 22.8 Å². The molecule has 0 spiro atoms. The Hall–Kier alpha value is -5.11. The fourth-order valence-electron chi connectivity index (χ4n) is 3.40. The zero-order valence-electron chi connectivity index (χ0n) is 20.7. The van der Waals surface area contributed by atoms with Gasteiger partial charge in [0, 0.05) is 36.9 Å². The average molecular weight is 551 g/mol. The number of aromatic nitrogens is 3. The number of amides is 2. The van der Waals surface area contributed by atoms with Crippen LogP contribution in [-0.4, -0.2) is 48.5 Å². The molecule has 4 aromatic rings. The van der Waals surface area contributed by atoms with Crippen LogP contribution < -0.4 is 26.0 Å². The molecule has 0 unspecified atom stereocenters. The Morgan fingerprint density at radius 2 is 1.72 bits per heavy atom. The molecule has 5 N–H and O–H groups in total. The number of pyridine rings is 1. The molecule has 12 nitrogen and oxygen atoms in total. The highest BCUT2D eigenvalue weighted by atomic mass is 32.2. The monoisotopic (exact) mass is 550 g/mol. The van der Waals surface area contributed by atoms with E-state index in [-0.39, 0.29) is 28.7 Å². The second-order valence-electron chi connectivity index (χ2n) is 8.20. The zero-order chi connectivity index (χ0) is 28.2. The Balaban J connectivity index is 1.63. The van der Waals surface area contributed by atoms with Crippen molar-refractivity contribution < 1.29 is 22.4 Å². The number of nitrogens with zero attached hydrogens (tertiary/aromatic N) is 4. The Morgan fingerprint density at radius 3 is 2.41 bits per heavy atom. The standard InChI is InChI=1S/C25H23FN8O4S/c1-34(39(2,37)38)21-6-4-3-5-19(21)31-23-17(22(27)35)14-29-25(33-23)32-20-13-16(7-8-18(20)26)30-24(36)15-9-11-28-12-10-15/h3-14H,1-2H3,(H2,27,35)(H,30,36)(H2,29,31,32,33). The zero-order valence-corrected chi connectivity index (χ0v) is 21.5. The van der Waals surface area contributed by atoms with Crippen molar-refractivity contribution in [2.24, 2.45) is 5.73 Å². The van der Waals surface area contributed by atoms with E-state index >= 15 is 0 Å². The van der Waals surface area contributed by atoms with Gasteiger partial charge in [-0.2, -0.15) is 4.98 Å². The van der Waals surface area contributed by atoms with Crippen LogP contribution in [0.25, 0.3) is 0 Å². The molecule has 14 heteroatoms. The van der Waals surface area contributed by atoms with E-state index in [0.29, 0.717) is 16.9 Å². The molecule has 200 valence electrons. The van der Waals surface area contributed by atoms with Crippen molar-refractivity contribution in [2.75, 3.05) is 33.6 Å². The maximum atomic E-state index is 14.6. The minimum Gasteiger partial charge on any atom is -0.365 e. The van der Waals surface area contributed by atoms with Crippen molar-refractivity contribution in [3.63, 3.8) is 0 Å². The number of rotatable bonds is 9. The summed E-state index contributed by atoms with van der Waals surface area (Å²) in [5, 5.41) is 8.31. The summed E-state index contributed by atoms with van der Waals surface area (Å²) in [4.78, 5) is 36.7. The lowest BCUT2D eigenvalue weighted by Gasteiger charge is -2.21. The van der Waals surface area contributed by atoms with Crippen molar-refractivity contribution in [1.82, 2.24) is 15.0 Å². The Morgan fingerprint density at radius 1 is 1.00 bits per heavy atom. The van der Waals surface area contributed by atoms with Crippen LogP contribution in [0.2, 0.25) is 0 Å². The molecule has 0 aliphatic carbocycles. The first-order valence-electron chi connectivity index (χ1n) is 11.3. The van der Waals surface area contributed by atoms with Crippen molar-refractivity contribution >= 4 is 56.4 Å². The van der Waals surface area contributed by atoms with Gasteiger partial charge in [-0.1, -0.05) is 12.1 Å². The minimum atomic E-state index is -3.60. The number of nitrogens with one attached hydrogen (secondary N) is 3. The fourth-order valence-corrected chi connectivity index (χ4v) is 3.92. The molecule has 2 heterocycles. The number of hydrogen-bond acceptors (Lipinski definition) is 9. The molecule has 2 aromatic heterocycles. The van der Waals surface area contributed by atoms with E-state index in [2.05, 4.69) is 30.9 Å². The van der Waals surface area contributed by atoms with Gasteiger partial charge in [0.25, 0.3) is 11.8 Å². The van der Waals surface area contributed by atoms with Crippen LogP contribution >= 0.6 is 0 Å². The first-order chi connectivity index (χ1) is 18.5. The lowest BCUT2D eigenvalue weighted by Crippen LogP contribution is -2.25. The van der Waals surface area contributed by atoms with Crippen molar-refractivity contribution in [3.05, 3.63) is 90.1 Å². The molecule has 0 bridgehead atoms. The summed E-state index contributed by atoms with van der Waals surface area (Å²) in [6, 6.07) is 13.4. The summed E-state index contributed by atoms with van der Waals surface area (Å²) < 4.78 is 39.9. The summed E-state index contributed by atoms with van der Waals surface area (Å²) in [6.45, 7) is 0. The SMILES string of the molecule is CN(c1ccccc1Nc1nc(Nc2cc(NC(=O)c3ccncc3)ccc2F)ncc1C(N)=O)S(C)(=O)=O. The third-order valence-electron chi connectivity index (χ3n) is 5.46. The first-order valence-corrected chi connectivity index (χ1v) is 13.1. The molecule has 0 radical (unpaired) electrons. The van der Waals surface area contributed by atoms with E-state index in [4.69, 9.17) is 5.73 Å². The van der Waals surface area contributed by atoms with Gasteiger partial charge in [0.05, 0.1) is 23.3 Å². The van der Waals surface area contributed by atoms with Gasteiger partial charge in [-0.25, -0.2) is 17.8 Å². The van der Waals surface area contributed by atoms with Crippen LogP contribution in [0.4, 0.5) is 38.9 Å². The van der Waals surface area contributed by atoms with Gasteiger partial charge in [-0.3, -0.25) is 18.9 Å². The second-order valence-corrected chi connectivity index (χ2v) is 10.2. The number of carbonyl (C=O) groups is 2. The van der Waals surface area contributed by atoms with E-state index in [9.17, 15) is 22.4 Å². The van der Waals surface area contributed by atoms with E-state index in [1.165, 1.54) is 43.7 Å². The molecular weight excluding hydrogens is 527 g/mol. The summed E-state index contributed by atoms with van der Waals surface area (Å²) in [5.41, 5.74) is 6.60. The van der Waals surface area contributed by atoms with Crippen LogP contribution in [0.1, 0.15) is 20.7 Å². The highest BCUT2D eigenvalue weighted by Gasteiger charge is 2.19. The van der Waals surface area contributed by atoms with Gasteiger partial charge in [0.2, 0.25) is 16.0 Å². The normalized spacial score (nSPS) is 10.9. The Kier molecular flexibility index (Phi) is 7.67. The van der Waals surface area contributed by atoms with Crippen LogP contribution in [0.3, 0.4) is 0 Å².